The van der Waals surface area contributed by atoms with Crippen LogP contribution in [0.2, 0.25) is 0 Å². The van der Waals surface area contributed by atoms with E-state index in [9.17, 15) is 44.7 Å². The highest BCUT2D eigenvalue weighted by Gasteiger charge is 2.33. The number of pyridine rings is 1. The van der Waals surface area contributed by atoms with E-state index in [1.807, 2.05) is 4.72 Å². The van der Waals surface area contributed by atoms with Crippen LogP contribution < -0.4 is 14.2 Å². The average Bonchev–Trinajstić information content (AvgIpc) is 3.35. The van der Waals surface area contributed by atoms with Crippen molar-refractivity contribution in [3.63, 3.8) is 0 Å². The molecular formula is C31H24BrF6N3O6S. The number of rotatable bonds is 10. The molecule has 5 rings (SSSR count). The van der Waals surface area contributed by atoms with Gasteiger partial charge in [-0.2, -0.15) is 26.3 Å². The Morgan fingerprint density at radius 1 is 0.979 bits per heavy atom. The Morgan fingerprint density at radius 3 is 2.33 bits per heavy atom. The maximum Gasteiger partial charge on any atom is 0.422 e. The minimum Gasteiger partial charge on any atom is -0.504 e. The number of hydrogen-bond donors (Lipinski definition) is 3. The molecule has 254 valence electrons. The van der Waals surface area contributed by atoms with E-state index in [2.05, 4.69) is 25.9 Å². The zero-order chi connectivity index (χ0) is 35.0. The maximum absolute atomic E-state index is 13.2. The number of aromatic nitrogens is 2. The Labute approximate surface area is 277 Å². The number of ether oxygens (including phenoxy) is 2. The van der Waals surface area contributed by atoms with E-state index in [0.29, 0.717) is 15.6 Å². The lowest BCUT2D eigenvalue weighted by Gasteiger charge is -2.15. The molecule has 0 bridgehead atoms. The van der Waals surface area contributed by atoms with Crippen molar-refractivity contribution in [2.75, 3.05) is 13.2 Å². The van der Waals surface area contributed by atoms with Crippen molar-refractivity contribution in [2.24, 2.45) is 0 Å². The van der Waals surface area contributed by atoms with Crippen molar-refractivity contribution < 1.29 is 54.1 Å². The van der Waals surface area contributed by atoms with Gasteiger partial charge >= 0.3 is 12.4 Å². The van der Waals surface area contributed by atoms with Gasteiger partial charge in [-0.15, -0.1) is 0 Å². The molecule has 0 unspecified atom stereocenters. The zero-order valence-corrected chi connectivity index (χ0v) is 27.0. The van der Waals surface area contributed by atoms with E-state index in [4.69, 9.17) is 9.47 Å². The van der Waals surface area contributed by atoms with Crippen molar-refractivity contribution in [1.29, 1.82) is 0 Å². The zero-order valence-electron chi connectivity index (χ0n) is 24.6. The van der Waals surface area contributed by atoms with Gasteiger partial charge in [0.05, 0.1) is 34.2 Å². The molecule has 0 spiro atoms. The molecule has 0 radical (unpaired) electrons. The number of amides is 1. The first-order chi connectivity index (χ1) is 22.4. The number of phenols is 1. The Bertz CT molecular complexity index is 2130. The Balaban J connectivity index is 1.55. The summed E-state index contributed by atoms with van der Waals surface area (Å²) in [6.45, 7) is -1.99. The van der Waals surface area contributed by atoms with Gasteiger partial charge in [-0.1, -0.05) is 52.3 Å². The van der Waals surface area contributed by atoms with Crippen molar-refractivity contribution in [1.82, 2.24) is 14.7 Å². The van der Waals surface area contributed by atoms with Crippen LogP contribution in [-0.4, -0.2) is 55.0 Å². The SMILES string of the molecule is Cc1cc(CS(=O)(=O)NC(=O)Cc2ccccc2Br)ccc1-c1[nH]c(OCC(F)(F)F)c2c1c(O)c(OCC(F)(F)F)c1cccnc12. The third kappa shape index (κ3) is 7.95. The molecule has 5 aromatic rings. The molecule has 2 heterocycles. The van der Waals surface area contributed by atoms with Crippen LogP contribution in [0.15, 0.2) is 65.3 Å². The topological polar surface area (TPSA) is 131 Å². The van der Waals surface area contributed by atoms with Gasteiger partial charge in [0.15, 0.2) is 24.7 Å². The van der Waals surface area contributed by atoms with Crippen molar-refractivity contribution in [3.8, 4) is 28.6 Å². The predicted molar refractivity (Wildman–Crippen MR) is 167 cm³/mol. The Hall–Kier alpha value is -4.51. The second kappa shape index (κ2) is 13.2. The van der Waals surface area contributed by atoms with Crippen molar-refractivity contribution in [2.45, 2.75) is 31.5 Å². The standard InChI is InChI=1S/C31H24BrF6N3O6S/c1-16-11-17(13-48(44,45)41-22(42)12-18-5-2-3-7-21(18)32)8-9-19(16)26-23-24(29(40-26)47-15-31(36,37)38)25-20(6-4-10-39-25)28(27(23)43)46-14-30(33,34)35/h2-11,40,43H,12-15H2,1H3,(H,41,42). The van der Waals surface area contributed by atoms with Crippen molar-refractivity contribution >= 4 is 53.5 Å². The van der Waals surface area contributed by atoms with E-state index in [0.717, 1.165) is 0 Å². The molecule has 9 nitrogen and oxygen atoms in total. The Morgan fingerprint density at radius 2 is 1.67 bits per heavy atom. The van der Waals surface area contributed by atoms with Gasteiger partial charge in [0.2, 0.25) is 21.8 Å². The molecule has 0 aliphatic heterocycles. The molecule has 0 fully saturated rings. The number of benzene rings is 3. The first-order valence-electron chi connectivity index (χ1n) is 13.8. The number of hydrogen-bond acceptors (Lipinski definition) is 7. The molecule has 48 heavy (non-hydrogen) atoms. The van der Waals surface area contributed by atoms with Crippen LogP contribution in [0.4, 0.5) is 26.3 Å². The first kappa shape index (κ1) is 34.8. The van der Waals surface area contributed by atoms with Crippen LogP contribution in [0.25, 0.3) is 32.9 Å². The van der Waals surface area contributed by atoms with Crippen LogP contribution in [0.3, 0.4) is 0 Å². The molecule has 17 heteroatoms. The number of H-pyrrole nitrogens is 1. The number of alkyl halides is 6. The normalized spacial score (nSPS) is 12.4. The van der Waals surface area contributed by atoms with Crippen LogP contribution >= 0.6 is 15.9 Å². The molecule has 0 saturated heterocycles. The van der Waals surface area contributed by atoms with Gasteiger partial charge in [-0.05, 0) is 41.8 Å². The smallest absolute Gasteiger partial charge is 0.422 e. The minimum atomic E-state index is -4.79. The molecule has 1 amide bonds. The summed E-state index contributed by atoms with van der Waals surface area (Å²) >= 11 is 3.30. The van der Waals surface area contributed by atoms with E-state index >= 15 is 0 Å². The van der Waals surface area contributed by atoms with E-state index in [-0.39, 0.29) is 44.9 Å². The van der Waals surface area contributed by atoms with Gasteiger partial charge in [-0.3, -0.25) is 14.5 Å². The van der Waals surface area contributed by atoms with Gasteiger partial charge in [0.25, 0.3) is 0 Å². The molecule has 2 aromatic heterocycles. The number of carbonyl (C=O) groups is 1. The summed E-state index contributed by atoms with van der Waals surface area (Å²) in [5.41, 5.74) is 1.21. The lowest BCUT2D eigenvalue weighted by molar-refractivity contribution is -0.154. The number of aromatic amines is 1. The summed E-state index contributed by atoms with van der Waals surface area (Å²) in [6, 6.07) is 13.6. The highest BCUT2D eigenvalue weighted by molar-refractivity contribution is 9.10. The van der Waals surface area contributed by atoms with Gasteiger partial charge in [-0.25, -0.2) is 8.42 Å². The van der Waals surface area contributed by atoms with E-state index in [1.165, 1.54) is 43.5 Å². The number of carbonyl (C=O) groups excluding carboxylic acids is 1. The number of sulfonamides is 1. The molecule has 3 N–H and O–H groups in total. The fraction of sp³-hybridized carbons (Fsp3) is 0.226. The molecule has 0 atom stereocenters. The number of halogens is 7. The molecule has 3 aromatic carbocycles. The summed E-state index contributed by atoms with van der Waals surface area (Å²) in [7, 11) is -4.17. The third-order valence-electron chi connectivity index (χ3n) is 6.96. The summed E-state index contributed by atoms with van der Waals surface area (Å²) in [4.78, 5) is 19.3. The minimum absolute atomic E-state index is 0.0577. The molecule has 0 aliphatic rings. The summed E-state index contributed by atoms with van der Waals surface area (Å²) in [6.07, 6.45) is -8.51. The van der Waals surface area contributed by atoms with Crippen LogP contribution in [-0.2, 0) is 27.0 Å². The quantitative estimate of drug-likeness (QED) is 0.128. The highest BCUT2D eigenvalue weighted by atomic mass is 79.9. The van der Waals surface area contributed by atoms with Crippen LogP contribution in [0.1, 0.15) is 16.7 Å². The highest BCUT2D eigenvalue weighted by Crippen LogP contribution is 2.50. The largest absolute Gasteiger partial charge is 0.504 e. The van der Waals surface area contributed by atoms with E-state index < -0.39 is 64.6 Å². The lowest BCUT2D eigenvalue weighted by Crippen LogP contribution is -2.32. The predicted octanol–water partition coefficient (Wildman–Crippen LogP) is 7.23. The monoisotopic (exact) mass is 759 g/mol. The number of phenolic OH excluding ortho intramolecular Hbond substituents is 1. The van der Waals surface area contributed by atoms with E-state index in [1.54, 1.807) is 24.3 Å². The molecular weight excluding hydrogens is 736 g/mol. The third-order valence-corrected chi connectivity index (χ3v) is 8.99. The number of aryl methyl sites for hydroxylation is 1. The summed E-state index contributed by atoms with van der Waals surface area (Å²) in [5, 5.41) is 10.8. The first-order valence-corrected chi connectivity index (χ1v) is 16.3. The fourth-order valence-corrected chi connectivity index (χ4v) is 6.64. The number of aromatic hydroxyl groups is 1. The second-order valence-corrected chi connectivity index (χ2v) is 13.2. The summed E-state index contributed by atoms with van der Waals surface area (Å²) < 4.78 is 117. The average molecular weight is 761 g/mol. The fourth-order valence-electron chi connectivity index (χ4n) is 5.11. The maximum atomic E-state index is 13.2. The molecule has 0 saturated carbocycles. The van der Waals surface area contributed by atoms with Gasteiger partial charge in [0.1, 0.15) is 0 Å². The summed E-state index contributed by atoms with van der Waals surface area (Å²) in [5.74, 6) is -3.28. The lowest BCUT2D eigenvalue weighted by atomic mass is 9.98. The number of nitrogens with one attached hydrogen (secondary N) is 2. The van der Waals surface area contributed by atoms with Crippen molar-refractivity contribution in [3.05, 3.63) is 82.0 Å². The van der Waals surface area contributed by atoms with Crippen LogP contribution in [0.5, 0.6) is 17.4 Å². The number of fused-ring (bicyclic) bond motifs is 3. The molecule has 0 aliphatic carbocycles. The number of nitrogens with zero attached hydrogens (tertiary/aromatic N) is 1. The Kier molecular flexibility index (Phi) is 9.56. The van der Waals surface area contributed by atoms with Crippen LogP contribution in [0, 0.1) is 6.92 Å². The van der Waals surface area contributed by atoms with Gasteiger partial charge < -0.3 is 19.6 Å². The van der Waals surface area contributed by atoms with Gasteiger partial charge in [0, 0.05) is 21.6 Å². The second-order valence-electron chi connectivity index (χ2n) is 10.7.